The molecular formula is C16H35N. The molecule has 0 aromatic rings. The lowest BCUT2D eigenvalue weighted by molar-refractivity contribution is 0.214. The van der Waals surface area contributed by atoms with E-state index in [2.05, 4.69) is 39.9 Å². The van der Waals surface area contributed by atoms with Gasteiger partial charge in [-0.25, -0.2) is 0 Å². The smallest absolute Gasteiger partial charge is 0.00106 e. The van der Waals surface area contributed by atoms with E-state index in [-0.39, 0.29) is 0 Å². The molecule has 0 heterocycles. The third-order valence-corrected chi connectivity index (χ3v) is 4.20. The highest BCUT2D eigenvalue weighted by Crippen LogP contribution is 2.32. The molecule has 0 unspecified atom stereocenters. The highest BCUT2D eigenvalue weighted by molar-refractivity contribution is 4.79. The fraction of sp³-hybridized carbons (Fsp3) is 1.00. The van der Waals surface area contributed by atoms with E-state index in [1.807, 2.05) is 0 Å². The predicted octanol–water partition coefficient (Wildman–Crippen LogP) is 5.15. The number of rotatable bonds is 11. The summed E-state index contributed by atoms with van der Waals surface area (Å²) in [4.78, 5) is 0. The summed E-state index contributed by atoms with van der Waals surface area (Å²) in [5.74, 6) is 0. The topological polar surface area (TPSA) is 12.0 Å². The van der Waals surface area contributed by atoms with Crippen LogP contribution in [0.25, 0.3) is 0 Å². The Bertz CT molecular complexity index is 159. The van der Waals surface area contributed by atoms with Crippen molar-refractivity contribution < 1.29 is 0 Å². The van der Waals surface area contributed by atoms with Gasteiger partial charge in [0.05, 0.1) is 0 Å². The third kappa shape index (κ3) is 7.81. The van der Waals surface area contributed by atoms with E-state index in [0.717, 1.165) is 0 Å². The molecule has 0 saturated heterocycles. The minimum Gasteiger partial charge on any atom is -0.314 e. The van der Waals surface area contributed by atoms with Crippen molar-refractivity contribution in [1.29, 1.82) is 0 Å². The van der Waals surface area contributed by atoms with Crippen molar-refractivity contribution in [2.75, 3.05) is 6.54 Å². The van der Waals surface area contributed by atoms with Gasteiger partial charge in [0.15, 0.2) is 0 Å². The van der Waals surface area contributed by atoms with Crippen LogP contribution >= 0.6 is 0 Å². The van der Waals surface area contributed by atoms with Crippen molar-refractivity contribution in [3.63, 3.8) is 0 Å². The van der Waals surface area contributed by atoms with E-state index in [9.17, 15) is 0 Å². The molecule has 0 aromatic carbocycles. The maximum Gasteiger partial charge on any atom is 0.00106 e. The molecule has 0 atom stereocenters. The zero-order valence-corrected chi connectivity index (χ0v) is 12.9. The average molecular weight is 241 g/mol. The second-order valence-corrected chi connectivity index (χ2v) is 5.91. The molecule has 0 rings (SSSR count). The normalized spacial score (nSPS) is 12.4. The first-order chi connectivity index (χ1) is 8.10. The Morgan fingerprint density at radius 2 is 1.47 bits per heavy atom. The summed E-state index contributed by atoms with van der Waals surface area (Å²) in [7, 11) is 0. The molecule has 1 N–H and O–H groups in total. The Hall–Kier alpha value is -0.0400. The lowest BCUT2D eigenvalue weighted by Gasteiger charge is -2.33. The predicted molar refractivity (Wildman–Crippen MR) is 79.5 cm³/mol. The van der Waals surface area contributed by atoms with E-state index in [1.165, 1.54) is 57.9 Å². The van der Waals surface area contributed by atoms with Gasteiger partial charge in [0.25, 0.3) is 0 Å². The standard InChI is InChI=1S/C16H35N/c1-6-9-10-11-12-13-16(7-2,8-3)14-17-15(4)5/h15,17H,6-14H2,1-5H3. The summed E-state index contributed by atoms with van der Waals surface area (Å²) in [5, 5.41) is 3.64. The van der Waals surface area contributed by atoms with E-state index >= 15 is 0 Å². The fourth-order valence-corrected chi connectivity index (χ4v) is 2.47. The second kappa shape index (κ2) is 9.94. The summed E-state index contributed by atoms with van der Waals surface area (Å²) < 4.78 is 0. The Morgan fingerprint density at radius 1 is 0.882 bits per heavy atom. The highest BCUT2D eigenvalue weighted by atomic mass is 14.9. The molecule has 104 valence electrons. The van der Waals surface area contributed by atoms with Crippen LogP contribution in [0.5, 0.6) is 0 Å². The Kier molecular flexibility index (Phi) is 9.91. The molecule has 0 aromatic heterocycles. The minimum absolute atomic E-state index is 0.552. The SMILES string of the molecule is CCCCCCCC(CC)(CC)CNC(C)C. The van der Waals surface area contributed by atoms with E-state index in [4.69, 9.17) is 0 Å². The molecular weight excluding hydrogens is 206 g/mol. The maximum atomic E-state index is 3.64. The summed E-state index contributed by atoms with van der Waals surface area (Å²) in [6, 6.07) is 0.618. The zero-order valence-electron chi connectivity index (χ0n) is 12.9. The molecule has 0 amide bonds. The van der Waals surface area contributed by atoms with Gasteiger partial charge >= 0.3 is 0 Å². The van der Waals surface area contributed by atoms with Crippen LogP contribution < -0.4 is 5.32 Å². The number of nitrogens with one attached hydrogen (secondary N) is 1. The monoisotopic (exact) mass is 241 g/mol. The molecule has 0 aliphatic carbocycles. The first kappa shape index (κ1) is 17.0. The van der Waals surface area contributed by atoms with Gasteiger partial charge in [-0.2, -0.15) is 0 Å². The van der Waals surface area contributed by atoms with Gasteiger partial charge in [0.2, 0.25) is 0 Å². The fourth-order valence-electron chi connectivity index (χ4n) is 2.47. The minimum atomic E-state index is 0.552. The first-order valence-corrected chi connectivity index (χ1v) is 7.83. The van der Waals surface area contributed by atoms with Crippen LogP contribution in [0, 0.1) is 5.41 Å². The van der Waals surface area contributed by atoms with Gasteiger partial charge in [0.1, 0.15) is 0 Å². The van der Waals surface area contributed by atoms with Crippen LogP contribution in [-0.4, -0.2) is 12.6 Å². The van der Waals surface area contributed by atoms with E-state index < -0.39 is 0 Å². The average Bonchev–Trinajstić information content (AvgIpc) is 2.33. The van der Waals surface area contributed by atoms with Crippen molar-refractivity contribution >= 4 is 0 Å². The van der Waals surface area contributed by atoms with E-state index in [0.29, 0.717) is 11.5 Å². The molecule has 17 heavy (non-hydrogen) atoms. The highest BCUT2D eigenvalue weighted by Gasteiger charge is 2.25. The van der Waals surface area contributed by atoms with Crippen molar-refractivity contribution in [2.24, 2.45) is 5.41 Å². The van der Waals surface area contributed by atoms with Crippen molar-refractivity contribution in [3.05, 3.63) is 0 Å². The van der Waals surface area contributed by atoms with Crippen LogP contribution in [-0.2, 0) is 0 Å². The van der Waals surface area contributed by atoms with Gasteiger partial charge in [-0.15, -0.1) is 0 Å². The number of unbranched alkanes of at least 4 members (excludes halogenated alkanes) is 4. The van der Waals surface area contributed by atoms with E-state index in [1.54, 1.807) is 0 Å². The number of hydrogen-bond acceptors (Lipinski definition) is 1. The molecule has 1 nitrogen and oxygen atoms in total. The lowest BCUT2D eigenvalue weighted by atomic mass is 9.77. The molecule has 0 fully saturated rings. The summed E-state index contributed by atoms with van der Waals surface area (Å²) in [6.07, 6.45) is 11.1. The summed E-state index contributed by atoms with van der Waals surface area (Å²) >= 11 is 0. The molecule has 1 heteroatoms. The Labute approximate surface area is 110 Å². The van der Waals surface area contributed by atoms with Gasteiger partial charge in [-0.1, -0.05) is 66.7 Å². The molecule has 0 aliphatic heterocycles. The zero-order chi connectivity index (χ0) is 13.1. The van der Waals surface area contributed by atoms with Crippen LogP contribution in [0.4, 0.5) is 0 Å². The molecule has 0 spiro atoms. The van der Waals surface area contributed by atoms with Crippen molar-refractivity contribution in [1.82, 2.24) is 5.32 Å². The molecule has 0 bridgehead atoms. The summed E-state index contributed by atoms with van der Waals surface area (Å²) in [5.41, 5.74) is 0.552. The van der Waals surface area contributed by atoms with Gasteiger partial charge in [-0.3, -0.25) is 0 Å². The van der Waals surface area contributed by atoms with Crippen LogP contribution in [0.2, 0.25) is 0 Å². The largest absolute Gasteiger partial charge is 0.314 e. The Morgan fingerprint density at radius 3 is 1.94 bits per heavy atom. The number of hydrogen-bond donors (Lipinski definition) is 1. The van der Waals surface area contributed by atoms with Crippen molar-refractivity contribution in [2.45, 2.75) is 92.0 Å². The van der Waals surface area contributed by atoms with Gasteiger partial charge in [-0.05, 0) is 24.7 Å². The van der Waals surface area contributed by atoms with Crippen LogP contribution in [0.15, 0.2) is 0 Å². The Balaban J connectivity index is 3.93. The van der Waals surface area contributed by atoms with Crippen LogP contribution in [0.3, 0.4) is 0 Å². The summed E-state index contributed by atoms with van der Waals surface area (Å²) in [6.45, 7) is 12.7. The van der Waals surface area contributed by atoms with Gasteiger partial charge in [0, 0.05) is 12.6 Å². The quantitative estimate of drug-likeness (QED) is 0.493. The molecule has 0 radical (unpaired) electrons. The maximum absolute atomic E-state index is 3.64. The molecule has 0 saturated carbocycles. The second-order valence-electron chi connectivity index (χ2n) is 5.91. The molecule has 0 aliphatic rings. The van der Waals surface area contributed by atoms with Crippen molar-refractivity contribution in [3.8, 4) is 0 Å². The van der Waals surface area contributed by atoms with Gasteiger partial charge < -0.3 is 5.32 Å². The lowest BCUT2D eigenvalue weighted by Crippen LogP contribution is -2.37. The third-order valence-electron chi connectivity index (χ3n) is 4.20. The first-order valence-electron chi connectivity index (χ1n) is 7.83. The van der Waals surface area contributed by atoms with Crippen LogP contribution in [0.1, 0.15) is 86.0 Å².